The van der Waals surface area contributed by atoms with Crippen LogP contribution in [0.2, 0.25) is 0 Å². The number of piperidine rings is 1. The van der Waals surface area contributed by atoms with Gasteiger partial charge in [0.05, 0.1) is 12.7 Å². The second-order valence-electron chi connectivity index (χ2n) is 8.61. The number of hydrogen-bond acceptors (Lipinski definition) is 5. The van der Waals surface area contributed by atoms with Gasteiger partial charge in [0.2, 0.25) is 0 Å². The molecular weight excluding hydrogens is 419 g/mol. The molecule has 2 saturated heterocycles. The van der Waals surface area contributed by atoms with Gasteiger partial charge in [0.25, 0.3) is 0 Å². The van der Waals surface area contributed by atoms with E-state index in [-0.39, 0.29) is 5.75 Å². The van der Waals surface area contributed by atoms with Gasteiger partial charge in [-0.25, -0.2) is 0 Å². The Labute approximate surface area is 187 Å². The third-order valence-corrected chi connectivity index (χ3v) is 6.50. The predicted octanol–water partition coefficient (Wildman–Crippen LogP) is 4.21. The van der Waals surface area contributed by atoms with Crippen LogP contribution in [0.15, 0.2) is 42.5 Å². The van der Waals surface area contributed by atoms with E-state index in [4.69, 9.17) is 4.74 Å². The number of methoxy groups -OCH3 is 1. The van der Waals surface area contributed by atoms with E-state index in [1.807, 2.05) is 11.0 Å². The van der Waals surface area contributed by atoms with Crippen LogP contribution in [0.3, 0.4) is 0 Å². The molecule has 2 aliphatic heterocycles. The Balaban J connectivity index is 1.32. The maximum Gasteiger partial charge on any atom is 0.416 e. The monoisotopic (exact) mass is 449 g/mol. The molecule has 174 valence electrons. The summed E-state index contributed by atoms with van der Waals surface area (Å²) in [6.07, 6.45) is -2.07. The number of ether oxygens (including phenoxy) is 1. The number of phenols is 1. The number of likely N-dealkylation sites (tertiary alicyclic amines) is 1. The van der Waals surface area contributed by atoms with E-state index >= 15 is 0 Å². The van der Waals surface area contributed by atoms with Gasteiger partial charge >= 0.3 is 6.18 Å². The fourth-order valence-electron chi connectivity index (χ4n) is 4.79. The van der Waals surface area contributed by atoms with Crippen molar-refractivity contribution < 1.29 is 23.0 Å². The van der Waals surface area contributed by atoms with Crippen molar-refractivity contribution in [3.63, 3.8) is 0 Å². The van der Waals surface area contributed by atoms with Gasteiger partial charge in [-0.15, -0.1) is 0 Å². The molecule has 2 aliphatic rings. The molecule has 1 atom stereocenters. The van der Waals surface area contributed by atoms with Gasteiger partial charge in [-0.3, -0.25) is 9.80 Å². The number of benzene rings is 2. The Hall–Kier alpha value is -2.45. The molecule has 0 aromatic heterocycles. The molecule has 1 N–H and O–H groups in total. The summed E-state index contributed by atoms with van der Waals surface area (Å²) in [7, 11) is 1.54. The molecule has 2 aromatic carbocycles. The van der Waals surface area contributed by atoms with E-state index in [1.165, 1.54) is 19.2 Å². The van der Waals surface area contributed by atoms with Crippen LogP contribution in [-0.4, -0.2) is 67.3 Å². The van der Waals surface area contributed by atoms with Gasteiger partial charge in [-0.05, 0) is 55.3 Å². The van der Waals surface area contributed by atoms with E-state index in [9.17, 15) is 18.3 Å². The lowest BCUT2D eigenvalue weighted by molar-refractivity contribution is -0.137. The Kier molecular flexibility index (Phi) is 6.81. The quantitative estimate of drug-likeness (QED) is 0.741. The summed E-state index contributed by atoms with van der Waals surface area (Å²) in [6.45, 7) is 5.90. The van der Waals surface area contributed by atoms with E-state index in [1.54, 1.807) is 18.2 Å². The summed E-state index contributed by atoms with van der Waals surface area (Å²) >= 11 is 0. The first-order valence-electron chi connectivity index (χ1n) is 11.1. The first-order valence-corrected chi connectivity index (χ1v) is 11.1. The number of hydrogen-bond donors (Lipinski definition) is 1. The van der Waals surface area contributed by atoms with Crippen molar-refractivity contribution in [3.05, 3.63) is 53.6 Å². The molecule has 0 radical (unpaired) electrons. The summed E-state index contributed by atoms with van der Waals surface area (Å²) < 4.78 is 44.2. The lowest BCUT2D eigenvalue weighted by atomic mass is 10.0. The summed E-state index contributed by atoms with van der Waals surface area (Å²) in [5.41, 5.74) is 1.10. The molecule has 2 fully saturated rings. The van der Waals surface area contributed by atoms with Crippen LogP contribution in [0, 0.1) is 0 Å². The highest BCUT2D eigenvalue weighted by Crippen LogP contribution is 2.32. The number of rotatable bonds is 5. The summed E-state index contributed by atoms with van der Waals surface area (Å²) in [5, 5.41) is 10.0. The molecule has 4 rings (SSSR count). The SMILES string of the molecule is COc1ccc(CN2CCC[C@@H](N3CCN(c4cccc(C(F)(F)F)c4)CC3)C2)cc1O. The number of nitrogens with zero attached hydrogens (tertiary/aromatic N) is 3. The Morgan fingerprint density at radius 2 is 1.81 bits per heavy atom. The summed E-state index contributed by atoms with van der Waals surface area (Å²) in [5.74, 6) is 0.633. The zero-order valence-electron chi connectivity index (χ0n) is 18.3. The minimum Gasteiger partial charge on any atom is -0.504 e. The van der Waals surface area contributed by atoms with Gasteiger partial charge in [0.15, 0.2) is 11.5 Å². The predicted molar refractivity (Wildman–Crippen MR) is 118 cm³/mol. The Morgan fingerprint density at radius 1 is 1.03 bits per heavy atom. The lowest BCUT2D eigenvalue weighted by Crippen LogP contribution is -2.55. The van der Waals surface area contributed by atoms with E-state index in [0.717, 1.165) is 70.3 Å². The topological polar surface area (TPSA) is 39.2 Å². The number of alkyl halides is 3. The number of anilines is 1. The van der Waals surface area contributed by atoms with Crippen LogP contribution in [0.25, 0.3) is 0 Å². The van der Waals surface area contributed by atoms with Crippen LogP contribution in [0.1, 0.15) is 24.0 Å². The smallest absolute Gasteiger partial charge is 0.416 e. The van der Waals surface area contributed by atoms with Crippen molar-refractivity contribution in [3.8, 4) is 11.5 Å². The van der Waals surface area contributed by atoms with Crippen molar-refractivity contribution in [1.29, 1.82) is 0 Å². The summed E-state index contributed by atoms with van der Waals surface area (Å²) in [4.78, 5) is 6.93. The van der Waals surface area contributed by atoms with Crippen LogP contribution in [0.5, 0.6) is 11.5 Å². The molecule has 0 unspecified atom stereocenters. The second-order valence-corrected chi connectivity index (χ2v) is 8.61. The molecule has 32 heavy (non-hydrogen) atoms. The maximum atomic E-state index is 13.0. The highest BCUT2D eigenvalue weighted by molar-refractivity contribution is 5.49. The van der Waals surface area contributed by atoms with Crippen molar-refractivity contribution in [2.75, 3.05) is 51.3 Å². The lowest BCUT2D eigenvalue weighted by Gasteiger charge is -2.44. The van der Waals surface area contributed by atoms with Crippen LogP contribution < -0.4 is 9.64 Å². The third kappa shape index (κ3) is 5.30. The largest absolute Gasteiger partial charge is 0.504 e. The van der Waals surface area contributed by atoms with E-state index in [0.29, 0.717) is 17.5 Å². The van der Waals surface area contributed by atoms with Gasteiger partial charge < -0.3 is 14.7 Å². The van der Waals surface area contributed by atoms with Crippen LogP contribution in [-0.2, 0) is 12.7 Å². The molecule has 0 amide bonds. The third-order valence-electron chi connectivity index (χ3n) is 6.50. The Bertz CT molecular complexity index is 914. The zero-order chi connectivity index (χ0) is 22.7. The van der Waals surface area contributed by atoms with Gasteiger partial charge in [0.1, 0.15) is 0 Å². The Morgan fingerprint density at radius 3 is 2.50 bits per heavy atom. The van der Waals surface area contributed by atoms with Crippen molar-refractivity contribution in [2.24, 2.45) is 0 Å². The van der Waals surface area contributed by atoms with Crippen molar-refractivity contribution >= 4 is 5.69 Å². The first-order chi connectivity index (χ1) is 15.3. The fourth-order valence-corrected chi connectivity index (χ4v) is 4.79. The zero-order valence-corrected chi connectivity index (χ0v) is 18.3. The van der Waals surface area contributed by atoms with Crippen LogP contribution in [0.4, 0.5) is 18.9 Å². The van der Waals surface area contributed by atoms with Crippen molar-refractivity contribution in [2.45, 2.75) is 31.6 Å². The average Bonchev–Trinajstić information content (AvgIpc) is 2.79. The molecule has 8 heteroatoms. The average molecular weight is 450 g/mol. The minimum atomic E-state index is -4.32. The number of phenolic OH excluding ortho intramolecular Hbond substituents is 1. The molecule has 0 bridgehead atoms. The van der Waals surface area contributed by atoms with E-state index < -0.39 is 11.7 Å². The second kappa shape index (κ2) is 9.58. The number of aromatic hydroxyl groups is 1. The standard InChI is InChI=1S/C24H30F3N3O2/c1-32-23-8-7-18(14-22(23)31)16-28-9-3-6-21(17-28)30-12-10-29(11-13-30)20-5-2-4-19(15-20)24(25,26)27/h2,4-5,7-8,14-15,21,31H,3,6,9-13,16-17H2,1H3/t21-/m1/s1. The molecular formula is C24H30F3N3O2. The molecule has 0 saturated carbocycles. The number of halogens is 3. The maximum absolute atomic E-state index is 13.0. The van der Waals surface area contributed by atoms with Crippen LogP contribution >= 0.6 is 0 Å². The fraction of sp³-hybridized carbons (Fsp3) is 0.500. The van der Waals surface area contributed by atoms with Gasteiger partial charge in [-0.2, -0.15) is 13.2 Å². The van der Waals surface area contributed by atoms with Gasteiger partial charge in [0, 0.05) is 51.0 Å². The first kappa shape index (κ1) is 22.7. The molecule has 0 aliphatic carbocycles. The summed E-state index contributed by atoms with van der Waals surface area (Å²) in [6, 6.07) is 11.6. The highest BCUT2D eigenvalue weighted by Gasteiger charge is 2.32. The molecule has 5 nitrogen and oxygen atoms in total. The van der Waals surface area contributed by atoms with Crippen molar-refractivity contribution in [1.82, 2.24) is 9.80 Å². The minimum absolute atomic E-state index is 0.157. The highest BCUT2D eigenvalue weighted by atomic mass is 19.4. The van der Waals surface area contributed by atoms with Gasteiger partial charge in [-0.1, -0.05) is 12.1 Å². The van der Waals surface area contributed by atoms with E-state index in [2.05, 4.69) is 9.80 Å². The number of piperazine rings is 1. The molecule has 2 aromatic rings. The normalized spacial score (nSPS) is 21.0. The molecule has 0 spiro atoms. The molecule has 2 heterocycles.